The third-order valence-corrected chi connectivity index (χ3v) is 4.42. The van der Waals surface area contributed by atoms with E-state index in [4.69, 9.17) is 19.2 Å². The zero-order valence-electron chi connectivity index (χ0n) is 15.5. The number of hydrogen-bond acceptors (Lipinski definition) is 4. The first-order valence-corrected chi connectivity index (χ1v) is 8.33. The fraction of sp³-hybridized carbons (Fsp3) is 0.526. The Hall–Kier alpha value is -2.01. The van der Waals surface area contributed by atoms with Crippen molar-refractivity contribution in [2.45, 2.75) is 39.7 Å². The maximum atomic E-state index is 5.51. The van der Waals surface area contributed by atoms with Crippen LogP contribution < -0.4 is 9.47 Å². The van der Waals surface area contributed by atoms with Gasteiger partial charge in [-0.2, -0.15) is 4.98 Å². The highest BCUT2D eigenvalue weighted by molar-refractivity contribution is 5.66. The molecule has 0 saturated carbocycles. The summed E-state index contributed by atoms with van der Waals surface area (Å²) in [5.41, 5.74) is 4.26. The van der Waals surface area contributed by atoms with Crippen molar-refractivity contribution in [1.82, 2.24) is 9.55 Å². The Labute approximate surface area is 144 Å². The highest BCUT2D eigenvalue weighted by atomic mass is 16.5. The summed E-state index contributed by atoms with van der Waals surface area (Å²) in [5, 5.41) is 0. The fourth-order valence-electron chi connectivity index (χ4n) is 3.00. The summed E-state index contributed by atoms with van der Waals surface area (Å²) in [6.45, 7) is 7.01. The largest absolute Gasteiger partial charge is 0.496 e. The number of imidazole rings is 1. The monoisotopic (exact) mass is 332 g/mol. The second kappa shape index (κ2) is 8.20. The normalized spacial score (nSPS) is 12.2. The summed E-state index contributed by atoms with van der Waals surface area (Å²) < 4.78 is 18.3. The average molecular weight is 332 g/mol. The molecule has 2 aromatic rings. The third kappa shape index (κ3) is 3.73. The zero-order valence-corrected chi connectivity index (χ0v) is 15.5. The van der Waals surface area contributed by atoms with E-state index in [9.17, 15) is 0 Å². The second-order valence-corrected chi connectivity index (χ2v) is 6.00. The SMILES string of the molecule is CCC(CCOC)n1cc(-c2cc(C)c(OC)cc2C)nc1OC. The van der Waals surface area contributed by atoms with E-state index in [1.807, 2.05) is 6.92 Å². The first-order valence-electron chi connectivity index (χ1n) is 8.33. The van der Waals surface area contributed by atoms with E-state index in [2.05, 4.69) is 36.7 Å². The fourth-order valence-corrected chi connectivity index (χ4v) is 3.00. The lowest BCUT2D eigenvalue weighted by molar-refractivity contribution is 0.174. The lowest BCUT2D eigenvalue weighted by Gasteiger charge is -2.17. The second-order valence-electron chi connectivity index (χ2n) is 6.00. The summed E-state index contributed by atoms with van der Waals surface area (Å²) in [5.74, 6) is 0.897. The van der Waals surface area contributed by atoms with E-state index < -0.39 is 0 Å². The lowest BCUT2D eigenvalue weighted by Crippen LogP contribution is -2.11. The molecular formula is C19H28N2O3. The topological polar surface area (TPSA) is 45.5 Å². The van der Waals surface area contributed by atoms with E-state index in [0.717, 1.165) is 47.6 Å². The van der Waals surface area contributed by atoms with Crippen molar-refractivity contribution in [3.8, 4) is 23.0 Å². The van der Waals surface area contributed by atoms with Gasteiger partial charge >= 0.3 is 0 Å². The lowest BCUT2D eigenvalue weighted by atomic mass is 10.0. The van der Waals surface area contributed by atoms with Crippen molar-refractivity contribution in [2.24, 2.45) is 0 Å². The van der Waals surface area contributed by atoms with Crippen molar-refractivity contribution in [1.29, 1.82) is 0 Å². The molecular weight excluding hydrogens is 304 g/mol. The Morgan fingerprint density at radius 2 is 1.83 bits per heavy atom. The van der Waals surface area contributed by atoms with Crippen LogP contribution in [-0.2, 0) is 4.74 Å². The average Bonchev–Trinajstić information content (AvgIpc) is 3.01. The van der Waals surface area contributed by atoms with Gasteiger partial charge in [0, 0.05) is 31.5 Å². The molecule has 0 aliphatic carbocycles. The van der Waals surface area contributed by atoms with Gasteiger partial charge in [-0.25, -0.2) is 0 Å². The van der Waals surface area contributed by atoms with Crippen molar-refractivity contribution in [3.63, 3.8) is 0 Å². The molecule has 5 nitrogen and oxygen atoms in total. The van der Waals surface area contributed by atoms with Crippen LogP contribution >= 0.6 is 0 Å². The Kier molecular flexibility index (Phi) is 6.26. The molecule has 0 amide bonds. The molecule has 1 heterocycles. The summed E-state index contributed by atoms with van der Waals surface area (Å²) in [6, 6.07) is 5.12. The quantitative estimate of drug-likeness (QED) is 0.728. The first kappa shape index (κ1) is 18.3. The number of rotatable bonds is 8. The predicted molar refractivity (Wildman–Crippen MR) is 96.1 cm³/mol. The van der Waals surface area contributed by atoms with Gasteiger partial charge in [-0.15, -0.1) is 0 Å². The molecule has 1 unspecified atom stereocenters. The molecule has 0 aliphatic rings. The maximum absolute atomic E-state index is 5.51. The molecule has 1 atom stereocenters. The van der Waals surface area contributed by atoms with Crippen LogP contribution in [0.1, 0.15) is 36.9 Å². The Bertz CT molecular complexity index is 679. The molecule has 1 aromatic carbocycles. The minimum atomic E-state index is 0.306. The van der Waals surface area contributed by atoms with Gasteiger partial charge < -0.3 is 14.2 Å². The molecule has 0 N–H and O–H groups in total. The molecule has 24 heavy (non-hydrogen) atoms. The molecule has 0 bridgehead atoms. The van der Waals surface area contributed by atoms with E-state index in [1.165, 1.54) is 0 Å². The summed E-state index contributed by atoms with van der Waals surface area (Å²) in [4.78, 5) is 4.69. The van der Waals surface area contributed by atoms with Crippen LogP contribution in [0.3, 0.4) is 0 Å². The van der Waals surface area contributed by atoms with E-state index >= 15 is 0 Å². The number of hydrogen-bond donors (Lipinski definition) is 0. The molecule has 2 rings (SSSR count). The maximum Gasteiger partial charge on any atom is 0.296 e. The summed E-state index contributed by atoms with van der Waals surface area (Å²) in [6.07, 6.45) is 4.01. The van der Waals surface area contributed by atoms with Gasteiger partial charge in [-0.05, 0) is 49.9 Å². The van der Waals surface area contributed by atoms with Gasteiger partial charge in [0.1, 0.15) is 5.75 Å². The molecule has 132 valence electrons. The van der Waals surface area contributed by atoms with Crippen LogP contribution in [-0.4, -0.2) is 37.5 Å². The van der Waals surface area contributed by atoms with Crippen molar-refractivity contribution in [2.75, 3.05) is 27.9 Å². The number of methoxy groups -OCH3 is 3. The van der Waals surface area contributed by atoms with E-state index in [-0.39, 0.29) is 0 Å². The smallest absolute Gasteiger partial charge is 0.296 e. The molecule has 0 aliphatic heterocycles. The van der Waals surface area contributed by atoms with Crippen LogP contribution in [0.25, 0.3) is 11.3 Å². The van der Waals surface area contributed by atoms with Crippen LogP contribution in [0.5, 0.6) is 11.8 Å². The predicted octanol–water partition coefficient (Wildman–Crippen LogP) is 4.17. The number of aryl methyl sites for hydroxylation is 2. The van der Waals surface area contributed by atoms with Crippen molar-refractivity contribution >= 4 is 0 Å². The summed E-state index contributed by atoms with van der Waals surface area (Å²) in [7, 11) is 5.09. The molecule has 1 aromatic heterocycles. The molecule has 5 heteroatoms. The first-order chi connectivity index (χ1) is 11.5. The number of nitrogens with zero attached hydrogens (tertiary/aromatic N) is 2. The molecule has 0 saturated heterocycles. The minimum Gasteiger partial charge on any atom is -0.496 e. The van der Waals surface area contributed by atoms with Gasteiger partial charge in [0.2, 0.25) is 0 Å². The van der Waals surface area contributed by atoms with Gasteiger partial charge in [-0.1, -0.05) is 6.92 Å². The zero-order chi connectivity index (χ0) is 17.7. The minimum absolute atomic E-state index is 0.306. The standard InChI is InChI=1S/C19H28N2O3/c1-7-15(8-9-22-4)21-12-17(20-19(21)24-6)16-10-14(3)18(23-5)11-13(16)2/h10-12,15H,7-9H2,1-6H3. The summed E-state index contributed by atoms with van der Waals surface area (Å²) >= 11 is 0. The molecule has 0 radical (unpaired) electrons. The van der Waals surface area contributed by atoms with Gasteiger partial charge in [0.25, 0.3) is 6.01 Å². The van der Waals surface area contributed by atoms with Crippen LogP contribution in [0, 0.1) is 13.8 Å². The van der Waals surface area contributed by atoms with Gasteiger partial charge in [-0.3, -0.25) is 4.57 Å². The highest BCUT2D eigenvalue weighted by Crippen LogP contribution is 2.33. The number of aromatic nitrogens is 2. The highest BCUT2D eigenvalue weighted by Gasteiger charge is 2.18. The van der Waals surface area contributed by atoms with Crippen molar-refractivity contribution in [3.05, 3.63) is 29.5 Å². The van der Waals surface area contributed by atoms with Crippen molar-refractivity contribution < 1.29 is 14.2 Å². The Morgan fingerprint density at radius 3 is 2.42 bits per heavy atom. The third-order valence-electron chi connectivity index (χ3n) is 4.42. The van der Waals surface area contributed by atoms with E-state index in [0.29, 0.717) is 12.1 Å². The van der Waals surface area contributed by atoms with E-state index in [1.54, 1.807) is 21.3 Å². The van der Waals surface area contributed by atoms with Gasteiger partial charge in [0.15, 0.2) is 0 Å². The molecule has 0 spiro atoms. The van der Waals surface area contributed by atoms with Gasteiger partial charge in [0.05, 0.1) is 19.9 Å². The van der Waals surface area contributed by atoms with Crippen LogP contribution in [0.4, 0.5) is 0 Å². The Balaban J connectivity index is 2.44. The van der Waals surface area contributed by atoms with Crippen LogP contribution in [0.15, 0.2) is 18.3 Å². The number of ether oxygens (including phenoxy) is 3. The number of benzene rings is 1. The Morgan fingerprint density at radius 1 is 1.08 bits per heavy atom. The van der Waals surface area contributed by atoms with Crippen LogP contribution in [0.2, 0.25) is 0 Å². The molecule has 0 fully saturated rings.